The van der Waals surface area contributed by atoms with Crippen LogP contribution < -0.4 is 15.4 Å². The van der Waals surface area contributed by atoms with Crippen molar-refractivity contribution in [1.82, 2.24) is 5.32 Å². The molecule has 27 heavy (non-hydrogen) atoms. The molecular weight excluding hydrogens is 344 g/mol. The topological polar surface area (TPSA) is 84.5 Å². The van der Waals surface area contributed by atoms with Crippen LogP contribution in [0.15, 0.2) is 48.5 Å². The number of fused-ring (bicyclic) bond motifs is 2. The molecule has 1 aliphatic carbocycles. The summed E-state index contributed by atoms with van der Waals surface area (Å²) in [7, 11) is 1.57. The molecule has 2 aromatic rings. The molecular formula is C21H20N2O4. The second kappa shape index (κ2) is 6.23. The van der Waals surface area contributed by atoms with E-state index in [-0.39, 0.29) is 24.1 Å². The molecule has 1 saturated carbocycles. The van der Waals surface area contributed by atoms with Gasteiger partial charge in [-0.25, -0.2) is 0 Å². The Kier molecular flexibility index (Phi) is 3.98. The molecule has 2 N–H and O–H groups in total. The number of carbonyl (C=O) groups is 3. The Labute approximate surface area is 156 Å². The fraction of sp³-hybridized carbons (Fsp3) is 0.286. The van der Waals surface area contributed by atoms with Gasteiger partial charge in [-0.05, 0) is 18.2 Å². The van der Waals surface area contributed by atoms with E-state index in [1.54, 1.807) is 38.3 Å². The molecule has 6 heteroatoms. The van der Waals surface area contributed by atoms with E-state index in [1.165, 1.54) is 0 Å². The van der Waals surface area contributed by atoms with Crippen molar-refractivity contribution in [3.05, 3.63) is 59.7 Å². The summed E-state index contributed by atoms with van der Waals surface area (Å²) in [5.41, 5.74) is 0.784. The molecule has 3 atom stereocenters. The third kappa shape index (κ3) is 2.60. The molecule has 1 aliphatic heterocycles. The number of ether oxygens (including phenoxy) is 1. The summed E-state index contributed by atoms with van der Waals surface area (Å²) in [4.78, 5) is 38.4. The predicted molar refractivity (Wildman–Crippen MR) is 99.3 cm³/mol. The lowest BCUT2D eigenvalue weighted by atomic mass is 9.92. The summed E-state index contributed by atoms with van der Waals surface area (Å²) >= 11 is 0. The van der Waals surface area contributed by atoms with Gasteiger partial charge < -0.3 is 15.4 Å². The minimum atomic E-state index is -1.01. The molecule has 138 valence electrons. The number of hydrogen-bond donors (Lipinski definition) is 2. The fourth-order valence-corrected chi connectivity index (χ4v) is 4.07. The molecule has 2 amide bonds. The van der Waals surface area contributed by atoms with E-state index in [0.717, 1.165) is 5.56 Å². The van der Waals surface area contributed by atoms with Gasteiger partial charge in [-0.2, -0.15) is 0 Å². The standard InChI is InChI=1S/C21H20N2O4/c1-21-16(19(25)22-11-12-7-3-6-10-15(12)27-2)17(21)20(26)23-14-9-5-4-8-13(14)18(21)24/h3-10,16-17H,11H2,1-2H3,(H,22,25)(H,23,26)/t16-,17+,21+/m0/s1. The van der Waals surface area contributed by atoms with Gasteiger partial charge in [0.2, 0.25) is 11.8 Å². The monoisotopic (exact) mass is 364 g/mol. The summed E-state index contributed by atoms with van der Waals surface area (Å²) in [6.45, 7) is 1.98. The van der Waals surface area contributed by atoms with Crippen LogP contribution in [0.3, 0.4) is 0 Å². The quantitative estimate of drug-likeness (QED) is 0.872. The number of Topliss-reactive ketones (excluding diaryl/α,β-unsaturated/α-hetero) is 1. The Morgan fingerprint density at radius 2 is 1.85 bits per heavy atom. The molecule has 1 fully saturated rings. The number of benzene rings is 2. The van der Waals surface area contributed by atoms with E-state index in [9.17, 15) is 14.4 Å². The van der Waals surface area contributed by atoms with Crippen LogP contribution in [-0.4, -0.2) is 24.7 Å². The largest absolute Gasteiger partial charge is 0.496 e. The fourth-order valence-electron chi connectivity index (χ4n) is 4.07. The zero-order valence-corrected chi connectivity index (χ0v) is 15.1. The zero-order valence-electron chi connectivity index (χ0n) is 15.1. The summed E-state index contributed by atoms with van der Waals surface area (Å²) in [6.07, 6.45) is 0. The highest BCUT2D eigenvalue weighted by atomic mass is 16.5. The number of methoxy groups -OCH3 is 1. The van der Waals surface area contributed by atoms with Crippen molar-refractivity contribution in [3.8, 4) is 5.75 Å². The first-order valence-electron chi connectivity index (χ1n) is 8.82. The van der Waals surface area contributed by atoms with Crippen LogP contribution in [0.25, 0.3) is 0 Å². The van der Waals surface area contributed by atoms with E-state index in [2.05, 4.69) is 10.6 Å². The summed E-state index contributed by atoms with van der Waals surface area (Å²) in [5, 5.41) is 5.64. The molecule has 0 radical (unpaired) electrons. The van der Waals surface area contributed by atoms with E-state index < -0.39 is 17.3 Å². The van der Waals surface area contributed by atoms with E-state index in [1.807, 2.05) is 24.3 Å². The van der Waals surface area contributed by atoms with Crippen molar-refractivity contribution in [2.75, 3.05) is 12.4 Å². The minimum Gasteiger partial charge on any atom is -0.496 e. The number of carbonyl (C=O) groups excluding carboxylic acids is 3. The van der Waals surface area contributed by atoms with Crippen molar-refractivity contribution in [2.24, 2.45) is 17.3 Å². The Morgan fingerprint density at radius 3 is 2.63 bits per heavy atom. The first-order chi connectivity index (χ1) is 13.0. The normalized spacial score (nSPS) is 25.6. The van der Waals surface area contributed by atoms with Gasteiger partial charge in [0, 0.05) is 17.7 Å². The number of hydrogen-bond acceptors (Lipinski definition) is 4. The number of ketones is 1. The number of nitrogens with one attached hydrogen (secondary N) is 2. The van der Waals surface area contributed by atoms with E-state index in [4.69, 9.17) is 4.74 Å². The van der Waals surface area contributed by atoms with Gasteiger partial charge in [-0.1, -0.05) is 37.3 Å². The van der Waals surface area contributed by atoms with Crippen molar-refractivity contribution in [1.29, 1.82) is 0 Å². The van der Waals surface area contributed by atoms with Crippen LogP contribution in [0.2, 0.25) is 0 Å². The van der Waals surface area contributed by atoms with E-state index in [0.29, 0.717) is 17.0 Å². The average molecular weight is 364 g/mol. The maximum atomic E-state index is 13.0. The van der Waals surface area contributed by atoms with Crippen molar-refractivity contribution in [2.45, 2.75) is 13.5 Å². The number of anilines is 1. The van der Waals surface area contributed by atoms with Crippen molar-refractivity contribution >= 4 is 23.3 Å². The van der Waals surface area contributed by atoms with Crippen LogP contribution in [0.5, 0.6) is 5.75 Å². The number of amides is 2. The summed E-state index contributed by atoms with van der Waals surface area (Å²) < 4.78 is 5.29. The molecule has 6 nitrogen and oxygen atoms in total. The second-order valence-electron chi connectivity index (χ2n) is 7.13. The van der Waals surface area contributed by atoms with Crippen LogP contribution >= 0.6 is 0 Å². The lowest BCUT2D eigenvalue weighted by Gasteiger charge is -2.13. The molecule has 2 aliphatic rings. The first kappa shape index (κ1) is 17.3. The first-order valence-corrected chi connectivity index (χ1v) is 8.82. The van der Waals surface area contributed by atoms with Crippen molar-refractivity contribution < 1.29 is 19.1 Å². The molecule has 0 saturated heterocycles. The molecule has 0 bridgehead atoms. The highest BCUT2D eigenvalue weighted by Crippen LogP contribution is 2.62. The second-order valence-corrected chi connectivity index (χ2v) is 7.13. The Balaban J connectivity index is 1.55. The molecule has 0 aromatic heterocycles. The molecule has 4 rings (SSSR count). The van der Waals surface area contributed by atoms with Crippen LogP contribution in [-0.2, 0) is 16.1 Å². The van der Waals surface area contributed by atoms with Gasteiger partial charge in [0.15, 0.2) is 5.78 Å². The van der Waals surface area contributed by atoms with Gasteiger partial charge in [0.05, 0.1) is 30.0 Å². The Bertz CT molecular complexity index is 955. The van der Waals surface area contributed by atoms with Crippen LogP contribution in [0, 0.1) is 17.3 Å². The van der Waals surface area contributed by atoms with Gasteiger partial charge in [0.25, 0.3) is 0 Å². The summed E-state index contributed by atoms with van der Waals surface area (Å²) in [5.74, 6) is -1.40. The van der Waals surface area contributed by atoms with Gasteiger partial charge in [-0.3, -0.25) is 14.4 Å². The molecule has 0 spiro atoms. The van der Waals surface area contributed by atoms with Crippen LogP contribution in [0.1, 0.15) is 22.8 Å². The smallest absolute Gasteiger partial charge is 0.229 e. The maximum absolute atomic E-state index is 13.0. The lowest BCUT2D eigenvalue weighted by Crippen LogP contribution is -2.29. The number of rotatable bonds is 4. The number of para-hydroxylation sites is 2. The van der Waals surface area contributed by atoms with Crippen LogP contribution in [0.4, 0.5) is 5.69 Å². The molecule has 2 aromatic carbocycles. The van der Waals surface area contributed by atoms with Gasteiger partial charge in [-0.15, -0.1) is 0 Å². The van der Waals surface area contributed by atoms with E-state index >= 15 is 0 Å². The predicted octanol–water partition coefficient (Wildman–Crippen LogP) is 2.40. The Hall–Kier alpha value is -3.15. The van der Waals surface area contributed by atoms with Crippen molar-refractivity contribution in [3.63, 3.8) is 0 Å². The zero-order chi connectivity index (χ0) is 19.2. The third-order valence-electron chi connectivity index (χ3n) is 5.65. The highest BCUT2D eigenvalue weighted by Gasteiger charge is 2.73. The maximum Gasteiger partial charge on any atom is 0.229 e. The Morgan fingerprint density at radius 1 is 1.15 bits per heavy atom. The average Bonchev–Trinajstić information content (AvgIpc) is 3.34. The van der Waals surface area contributed by atoms with Gasteiger partial charge in [0.1, 0.15) is 5.75 Å². The van der Waals surface area contributed by atoms with Gasteiger partial charge >= 0.3 is 0 Å². The third-order valence-corrected chi connectivity index (χ3v) is 5.65. The lowest BCUT2D eigenvalue weighted by molar-refractivity contribution is -0.125. The minimum absolute atomic E-state index is 0.168. The SMILES string of the molecule is COc1ccccc1CNC(=O)[C@@H]1[C@@H]2C(=O)Nc3ccccc3C(=O)[C@]12C. The molecule has 1 heterocycles. The highest BCUT2D eigenvalue weighted by molar-refractivity contribution is 6.19. The molecule has 0 unspecified atom stereocenters. The summed E-state index contributed by atoms with van der Waals surface area (Å²) in [6, 6.07) is 14.3.